The normalized spacial score (nSPS) is 20.6. The van der Waals surface area contributed by atoms with Crippen molar-refractivity contribution in [3.05, 3.63) is 0 Å². The van der Waals surface area contributed by atoms with Crippen LogP contribution in [0.1, 0.15) is 0 Å². The van der Waals surface area contributed by atoms with E-state index in [-0.39, 0.29) is 62.0 Å². The van der Waals surface area contributed by atoms with E-state index in [1.54, 1.807) is 0 Å². The first-order valence-electron chi connectivity index (χ1n) is 12.1. The van der Waals surface area contributed by atoms with Gasteiger partial charge in [0.2, 0.25) is 0 Å². The Hall–Kier alpha value is 1.05. The number of nitrogens with one attached hydrogen (secondary N) is 10. The second-order valence-corrected chi connectivity index (χ2v) is 7.50. The first-order valence-corrected chi connectivity index (χ1v) is 12.1. The molecule has 10 nitrogen and oxygen atoms in total. The van der Waals surface area contributed by atoms with E-state index < -0.39 is 0 Å². The summed E-state index contributed by atoms with van der Waals surface area (Å²) in [6, 6.07) is 0. The lowest BCUT2D eigenvalue weighted by Gasteiger charge is -2.06. The van der Waals surface area contributed by atoms with Gasteiger partial charge in [-0.25, -0.2) is 0 Å². The molecular formula is C20H55Cl5N10. The lowest BCUT2D eigenvalue weighted by Crippen LogP contribution is -2.35. The maximum absolute atomic E-state index is 3.39. The van der Waals surface area contributed by atoms with Gasteiger partial charge in [0, 0.05) is 131 Å². The van der Waals surface area contributed by atoms with E-state index in [4.69, 9.17) is 0 Å². The fourth-order valence-corrected chi connectivity index (χ4v) is 3.02. The van der Waals surface area contributed by atoms with Gasteiger partial charge in [-0.1, -0.05) is 0 Å². The first-order chi connectivity index (χ1) is 15.0. The minimum Gasteiger partial charge on any atom is -0.314 e. The lowest BCUT2D eigenvalue weighted by molar-refractivity contribution is 0.577. The fraction of sp³-hybridized carbons (Fsp3) is 1.00. The topological polar surface area (TPSA) is 120 Å². The third-order valence-corrected chi connectivity index (χ3v) is 4.79. The van der Waals surface area contributed by atoms with Crippen LogP contribution >= 0.6 is 62.0 Å². The highest BCUT2D eigenvalue weighted by molar-refractivity contribution is 5.86. The molecule has 0 aromatic heterocycles. The molecule has 10 N–H and O–H groups in total. The van der Waals surface area contributed by atoms with Crippen LogP contribution in [0.25, 0.3) is 0 Å². The standard InChI is InChI=1S/2C10H25N5.5ClH/c2*1-2-12-5-6-14-9-10-15-8-7-13-4-3-11-1;;;;;/h2*11-15H,1-10H2;5*1H. The highest BCUT2D eigenvalue weighted by Gasteiger charge is 1.93. The van der Waals surface area contributed by atoms with Crippen LogP contribution in [-0.2, 0) is 0 Å². The average Bonchev–Trinajstić information content (AvgIpc) is 2.78. The lowest BCUT2D eigenvalue weighted by atomic mass is 10.5. The maximum atomic E-state index is 3.39. The third kappa shape index (κ3) is 39.7. The smallest absolute Gasteiger partial charge is 0.00772 e. The van der Waals surface area contributed by atoms with Crippen LogP contribution in [-0.4, -0.2) is 131 Å². The zero-order chi connectivity index (χ0) is 21.2. The van der Waals surface area contributed by atoms with Gasteiger partial charge in [-0.15, -0.1) is 62.0 Å². The van der Waals surface area contributed by atoms with Crippen LogP contribution < -0.4 is 53.2 Å². The van der Waals surface area contributed by atoms with E-state index in [1.807, 2.05) is 0 Å². The molecule has 220 valence electrons. The SMILES string of the molecule is C1CNCCNCCNCCNCCN1.C1CNCCNCCNCCNCCN1.Cl.Cl.Cl.Cl.Cl. The van der Waals surface area contributed by atoms with Gasteiger partial charge in [0.1, 0.15) is 0 Å². The summed E-state index contributed by atoms with van der Waals surface area (Å²) in [5.74, 6) is 0. The van der Waals surface area contributed by atoms with Gasteiger partial charge in [0.05, 0.1) is 0 Å². The van der Waals surface area contributed by atoms with Gasteiger partial charge in [-0.3, -0.25) is 0 Å². The molecule has 2 aliphatic heterocycles. The molecule has 0 bridgehead atoms. The van der Waals surface area contributed by atoms with E-state index >= 15 is 0 Å². The number of hydrogen-bond donors (Lipinski definition) is 10. The quantitative estimate of drug-likeness (QED) is 0.151. The van der Waals surface area contributed by atoms with E-state index in [2.05, 4.69) is 53.2 Å². The molecule has 2 rings (SSSR count). The molecule has 2 heterocycles. The minimum atomic E-state index is 0. The molecule has 0 aromatic carbocycles. The summed E-state index contributed by atoms with van der Waals surface area (Å²) in [5, 5.41) is 33.9. The summed E-state index contributed by atoms with van der Waals surface area (Å²) in [6.07, 6.45) is 0. The highest BCUT2D eigenvalue weighted by atomic mass is 35.5. The molecule has 0 radical (unpaired) electrons. The molecule has 15 heteroatoms. The molecule has 0 atom stereocenters. The Bertz CT molecular complexity index is 195. The summed E-state index contributed by atoms with van der Waals surface area (Å²) < 4.78 is 0. The summed E-state index contributed by atoms with van der Waals surface area (Å²) in [6.45, 7) is 21.1. The second-order valence-electron chi connectivity index (χ2n) is 7.50. The summed E-state index contributed by atoms with van der Waals surface area (Å²) in [5.41, 5.74) is 0. The van der Waals surface area contributed by atoms with Crippen LogP contribution in [0, 0.1) is 0 Å². The predicted octanol–water partition coefficient (Wildman–Crippen LogP) is -1.99. The molecule has 0 amide bonds. The molecule has 0 unspecified atom stereocenters. The van der Waals surface area contributed by atoms with E-state index in [0.717, 1.165) is 131 Å². The second kappa shape index (κ2) is 42.2. The number of rotatable bonds is 0. The third-order valence-electron chi connectivity index (χ3n) is 4.79. The number of hydrogen-bond acceptors (Lipinski definition) is 10. The Morgan fingerprint density at radius 2 is 0.200 bits per heavy atom. The first kappa shape index (κ1) is 45.9. The largest absolute Gasteiger partial charge is 0.314 e. The molecule has 0 saturated carbocycles. The zero-order valence-corrected chi connectivity index (χ0v) is 25.3. The van der Waals surface area contributed by atoms with Gasteiger partial charge in [-0.2, -0.15) is 0 Å². The molecule has 0 aliphatic carbocycles. The minimum absolute atomic E-state index is 0. The molecule has 35 heavy (non-hydrogen) atoms. The van der Waals surface area contributed by atoms with Crippen molar-refractivity contribution in [1.82, 2.24) is 53.2 Å². The van der Waals surface area contributed by atoms with Crippen LogP contribution in [0.4, 0.5) is 0 Å². The Morgan fingerprint density at radius 1 is 0.143 bits per heavy atom. The zero-order valence-electron chi connectivity index (χ0n) is 21.2. The van der Waals surface area contributed by atoms with Crippen molar-refractivity contribution in [1.29, 1.82) is 0 Å². The van der Waals surface area contributed by atoms with Crippen LogP contribution in [0.5, 0.6) is 0 Å². The summed E-state index contributed by atoms with van der Waals surface area (Å²) >= 11 is 0. The van der Waals surface area contributed by atoms with E-state index in [0.29, 0.717) is 0 Å². The van der Waals surface area contributed by atoms with Gasteiger partial charge in [0.15, 0.2) is 0 Å². The van der Waals surface area contributed by atoms with E-state index in [9.17, 15) is 0 Å². The highest BCUT2D eigenvalue weighted by Crippen LogP contribution is 1.67. The van der Waals surface area contributed by atoms with Crippen LogP contribution in [0.2, 0.25) is 0 Å². The van der Waals surface area contributed by atoms with Crippen LogP contribution in [0.3, 0.4) is 0 Å². The fourth-order valence-electron chi connectivity index (χ4n) is 3.02. The van der Waals surface area contributed by atoms with Crippen molar-refractivity contribution < 1.29 is 0 Å². The molecule has 2 fully saturated rings. The Kier molecular flexibility index (Phi) is 55.3. The molecule has 0 spiro atoms. The van der Waals surface area contributed by atoms with Gasteiger partial charge >= 0.3 is 0 Å². The van der Waals surface area contributed by atoms with Crippen molar-refractivity contribution in [3.63, 3.8) is 0 Å². The van der Waals surface area contributed by atoms with E-state index in [1.165, 1.54) is 0 Å². The summed E-state index contributed by atoms with van der Waals surface area (Å²) in [4.78, 5) is 0. The van der Waals surface area contributed by atoms with Crippen molar-refractivity contribution in [2.75, 3.05) is 131 Å². The Labute approximate surface area is 245 Å². The van der Waals surface area contributed by atoms with Crippen molar-refractivity contribution in [2.24, 2.45) is 0 Å². The van der Waals surface area contributed by atoms with Gasteiger partial charge in [-0.05, 0) is 0 Å². The Morgan fingerprint density at radius 3 is 0.257 bits per heavy atom. The Balaban J connectivity index is -0.000000150. The van der Waals surface area contributed by atoms with Crippen molar-refractivity contribution in [2.45, 2.75) is 0 Å². The van der Waals surface area contributed by atoms with Crippen molar-refractivity contribution >= 4 is 62.0 Å². The molecule has 2 aliphatic rings. The molecular weight excluding hydrogens is 558 g/mol. The predicted molar refractivity (Wildman–Crippen MR) is 165 cm³/mol. The monoisotopic (exact) mass is 610 g/mol. The average molecular weight is 613 g/mol. The molecule has 0 aromatic rings. The van der Waals surface area contributed by atoms with Crippen LogP contribution in [0.15, 0.2) is 0 Å². The van der Waals surface area contributed by atoms with Gasteiger partial charge < -0.3 is 53.2 Å². The van der Waals surface area contributed by atoms with Gasteiger partial charge in [0.25, 0.3) is 0 Å². The number of halogens is 5. The summed E-state index contributed by atoms with van der Waals surface area (Å²) in [7, 11) is 0. The van der Waals surface area contributed by atoms with Crippen molar-refractivity contribution in [3.8, 4) is 0 Å². The molecule has 2 saturated heterocycles. The maximum Gasteiger partial charge on any atom is 0.00772 e.